The SMILES string of the molecule is CCC(=O)N1C(C)CN(S(=O)(=O)c2ccc(C)cc2)C1c1ccc(N(C)C)cc1. The first kappa shape index (κ1) is 21.3. The van der Waals surface area contributed by atoms with Gasteiger partial charge in [0.15, 0.2) is 0 Å². The Bertz CT molecular complexity index is 969. The molecule has 1 aliphatic heterocycles. The zero-order valence-electron chi connectivity index (χ0n) is 17.7. The van der Waals surface area contributed by atoms with Gasteiger partial charge >= 0.3 is 0 Å². The average Bonchev–Trinajstić information content (AvgIpc) is 3.05. The molecule has 2 aromatic rings. The number of hydrogen-bond donors (Lipinski definition) is 0. The van der Waals surface area contributed by atoms with Gasteiger partial charge < -0.3 is 9.80 Å². The van der Waals surface area contributed by atoms with E-state index < -0.39 is 16.2 Å². The van der Waals surface area contributed by atoms with Crippen molar-refractivity contribution in [2.75, 3.05) is 25.5 Å². The normalized spacial score (nSPS) is 20.1. The van der Waals surface area contributed by atoms with E-state index >= 15 is 0 Å². The Labute approximate surface area is 173 Å². The molecule has 7 heteroatoms. The van der Waals surface area contributed by atoms with Crippen molar-refractivity contribution in [1.29, 1.82) is 0 Å². The number of hydrogen-bond acceptors (Lipinski definition) is 4. The maximum absolute atomic E-state index is 13.5. The van der Waals surface area contributed by atoms with Crippen molar-refractivity contribution in [1.82, 2.24) is 9.21 Å². The van der Waals surface area contributed by atoms with E-state index in [2.05, 4.69) is 0 Å². The molecule has 1 saturated heterocycles. The number of nitrogens with zero attached hydrogens (tertiary/aromatic N) is 3. The van der Waals surface area contributed by atoms with Crippen molar-refractivity contribution in [2.24, 2.45) is 0 Å². The Morgan fingerprint density at radius 3 is 2.17 bits per heavy atom. The second-order valence-electron chi connectivity index (χ2n) is 7.75. The number of carbonyl (C=O) groups is 1. The zero-order chi connectivity index (χ0) is 21.3. The van der Waals surface area contributed by atoms with Crippen LogP contribution in [-0.4, -0.2) is 50.2 Å². The molecule has 2 atom stereocenters. The minimum Gasteiger partial charge on any atom is -0.378 e. The molecule has 2 aromatic carbocycles. The first-order chi connectivity index (χ1) is 13.7. The number of anilines is 1. The maximum atomic E-state index is 13.5. The molecule has 0 aliphatic carbocycles. The van der Waals surface area contributed by atoms with E-state index in [-0.39, 0.29) is 23.4 Å². The van der Waals surface area contributed by atoms with Crippen molar-refractivity contribution in [2.45, 2.75) is 44.3 Å². The van der Waals surface area contributed by atoms with Gasteiger partial charge in [-0.05, 0) is 43.7 Å². The minimum atomic E-state index is -3.76. The predicted octanol–water partition coefficient (Wildman–Crippen LogP) is 3.39. The summed E-state index contributed by atoms with van der Waals surface area (Å²) in [6.45, 7) is 5.89. The molecule has 1 fully saturated rings. The summed E-state index contributed by atoms with van der Waals surface area (Å²) < 4.78 is 28.4. The fourth-order valence-electron chi connectivity index (χ4n) is 3.74. The van der Waals surface area contributed by atoms with Crippen LogP contribution in [0.25, 0.3) is 0 Å². The Balaban J connectivity index is 2.09. The van der Waals surface area contributed by atoms with Crippen LogP contribution in [0.3, 0.4) is 0 Å². The van der Waals surface area contributed by atoms with Crippen LogP contribution >= 0.6 is 0 Å². The van der Waals surface area contributed by atoms with Crippen LogP contribution < -0.4 is 4.90 Å². The van der Waals surface area contributed by atoms with Gasteiger partial charge in [-0.1, -0.05) is 36.8 Å². The van der Waals surface area contributed by atoms with E-state index in [1.165, 1.54) is 4.31 Å². The van der Waals surface area contributed by atoms with Crippen LogP contribution in [0.1, 0.15) is 37.6 Å². The second kappa shape index (κ2) is 8.16. The highest BCUT2D eigenvalue weighted by atomic mass is 32.2. The van der Waals surface area contributed by atoms with E-state index in [9.17, 15) is 13.2 Å². The number of amides is 1. The highest BCUT2D eigenvalue weighted by molar-refractivity contribution is 7.89. The summed E-state index contributed by atoms with van der Waals surface area (Å²) in [5.41, 5.74) is 2.80. The van der Waals surface area contributed by atoms with Gasteiger partial charge in [0.1, 0.15) is 6.17 Å². The first-order valence-corrected chi connectivity index (χ1v) is 11.3. The van der Waals surface area contributed by atoms with Crippen LogP contribution in [0.2, 0.25) is 0 Å². The van der Waals surface area contributed by atoms with Gasteiger partial charge in [0, 0.05) is 38.8 Å². The van der Waals surface area contributed by atoms with Crippen LogP contribution in [0.5, 0.6) is 0 Å². The molecule has 29 heavy (non-hydrogen) atoms. The third kappa shape index (κ3) is 4.02. The number of sulfonamides is 1. The molecule has 0 spiro atoms. The molecular weight excluding hydrogens is 386 g/mol. The smallest absolute Gasteiger partial charge is 0.245 e. The molecule has 0 aromatic heterocycles. The summed E-state index contributed by atoms with van der Waals surface area (Å²) in [4.78, 5) is 16.7. The topological polar surface area (TPSA) is 60.9 Å². The quantitative estimate of drug-likeness (QED) is 0.751. The molecule has 1 aliphatic rings. The fourth-order valence-corrected chi connectivity index (χ4v) is 5.39. The summed E-state index contributed by atoms with van der Waals surface area (Å²) in [7, 11) is 0.146. The Morgan fingerprint density at radius 1 is 1.07 bits per heavy atom. The van der Waals surface area contributed by atoms with Gasteiger partial charge in [0.2, 0.25) is 15.9 Å². The van der Waals surface area contributed by atoms with E-state index in [0.717, 1.165) is 16.8 Å². The van der Waals surface area contributed by atoms with Gasteiger partial charge in [-0.2, -0.15) is 4.31 Å². The zero-order valence-corrected chi connectivity index (χ0v) is 18.5. The molecule has 156 valence electrons. The van der Waals surface area contributed by atoms with Gasteiger partial charge in [-0.3, -0.25) is 4.79 Å². The van der Waals surface area contributed by atoms with Gasteiger partial charge in [-0.25, -0.2) is 8.42 Å². The highest BCUT2D eigenvalue weighted by Gasteiger charge is 2.46. The molecule has 0 bridgehead atoms. The maximum Gasteiger partial charge on any atom is 0.245 e. The Kier molecular flexibility index (Phi) is 6.00. The van der Waals surface area contributed by atoms with Crippen molar-refractivity contribution in [3.8, 4) is 0 Å². The summed E-state index contributed by atoms with van der Waals surface area (Å²) in [5, 5.41) is 0. The molecule has 1 amide bonds. The number of carbonyl (C=O) groups excluding carboxylic acids is 1. The lowest BCUT2D eigenvalue weighted by molar-refractivity contribution is -0.134. The van der Waals surface area contributed by atoms with Crippen LogP contribution in [0.4, 0.5) is 5.69 Å². The van der Waals surface area contributed by atoms with Gasteiger partial charge in [0.25, 0.3) is 0 Å². The second-order valence-corrected chi connectivity index (χ2v) is 9.64. The molecule has 6 nitrogen and oxygen atoms in total. The summed E-state index contributed by atoms with van der Waals surface area (Å²) in [6.07, 6.45) is -0.324. The molecule has 0 saturated carbocycles. The van der Waals surface area contributed by atoms with Crippen molar-refractivity contribution in [3.05, 3.63) is 59.7 Å². The molecule has 2 unspecified atom stereocenters. The molecular formula is C22H29N3O3S. The van der Waals surface area contributed by atoms with Crippen molar-refractivity contribution < 1.29 is 13.2 Å². The van der Waals surface area contributed by atoms with Crippen molar-refractivity contribution in [3.63, 3.8) is 0 Å². The van der Waals surface area contributed by atoms with Crippen molar-refractivity contribution >= 4 is 21.6 Å². The minimum absolute atomic E-state index is 0.0548. The monoisotopic (exact) mass is 415 g/mol. The Morgan fingerprint density at radius 2 is 1.66 bits per heavy atom. The largest absolute Gasteiger partial charge is 0.378 e. The van der Waals surface area contributed by atoms with E-state index in [1.807, 2.05) is 57.1 Å². The summed E-state index contributed by atoms with van der Waals surface area (Å²) >= 11 is 0. The lowest BCUT2D eigenvalue weighted by Crippen LogP contribution is -2.39. The number of rotatable bonds is 5. The first-order valence-electron chi connectivity index (χ1n) is 9.83. The average molecular weight is 416 g/mol. The van der Waals surface area contributed by atoms with E-state index in [4.69, 9.17) is 0 Å². The highest BCUT2D eigenvalue weighted by Crippen LogP contribution is 2.38. The van der Waals surface area contributed by atoms with E-state index in [0.29, 0.717) is 6.42 Å². The summed E-state index contributed by atoms with van der Waals surface area (Å²) in [5.74, 6) is -0.0548. The molecule has 3 rings (SSSR count). The lowest BCUT2D eigenvalue weighted by atomic mass is 10.1. The third-order valence-electron chi connectivity index (χ3n) is 5.38. The van der Waals surface area contributed by atoms with Crippen LogP contribution in [0.15, 0.2) is 53.4 Å². The predicted molar refractivity (Wildman–Crippen MR) is 115 cm³/mol. The third-order valence-corrected chi connectivity index (χ3v) is 7.22. The molecule has 0 radical (unpaired) electrons. The lowest BCUT2D eigenvalue weighted by Gasteiger charge is -2.31. The van der Waals surface area contributed by atoms with Gasteiger partial charge in [0.05, 0.1) is 4.90 Å². The number of benzene rings is 2. The van der Waals surface area contributed by atoms with Crippen LogP contribution in [-0.2, 0) is 14.8 Å². The van der Waals surface area contributed by atoms with Gasteiger partial charge in [-0.15, -0.1) is 0 Å². The van der Waals surface area contributed by atoms with Crippen LogP contribution in [0, 0.1) is 6.92 Å². The standard InChI is InChI=1S/C22H29N3O3S/c1-6-21(26)25-17(3)15-24(29(27,28)20-13-7-16(2)8-14-20)22(25)18-9-11-19(12-10-18)23(4)5/h7-14,17,22H,6,15H2,1-5H3. The van der Waals surface area contributed by atoms with E-state index in [1.54, 1.807) is 36.1 Å². The fraction of sp³-hybridized carbons (Fsp3) is 0.409. The molecule has 0 N–H and O–H groups in total. The molecule has 1 heterocycles. The Hall–Kier alpha value is -2.38. The number of aryl methyl sites for hydroxylation is 1. The summed E-state index contributed by atoms with van der Waals surface area (Å²) in [6, 6.07) is 14.4.